The Hall–Kier alpha value is -3.14. The Bertz CT molecular complexity index is 1200. The molecule has 1 aromatic carbocycles. The maximum Gasteiger partial charge on any atom is 0.419 e. The normalized spacial score (nSPS) is 14.4. The second-order valence-electron chi connectivity index (χ2n) is 8.43. The number of ether oxygens (including phenoxy) is 1. The molecule has 0 atom stereocenters. The van der Waals surface area contributed by atoms with Gasteiger partial charge in [0, 0.05) is 44.0 Å². The van der Waals surface area contributed by atoms with Gasteiger partial charge >= 0.3 is 12.2 Å². The van der Waals surface area contributed by atoms with Gasteiger partial charge in [0.1, 0.15) is 23.6 Å². The number of rotatable bonds is 7. The number of alkyl halides is 3. The van der Waals surface area contributed by atoms with E-state index in [-0.39, 0.29) is 23.0 Å². The van der Waals surface area contributed by atoms with Gasteiger partial charge < -0.3 is 14.5 Å². The molecule has 0 bridgehead atoms. The summed E-state index contributed by atoms with van der Waals surface area (Å²) in [6.45, 7) is 5.49. The largest absolute Gasteiger partial charge is 0.460 e. The van der Waals surface area contributed by atoms with Crippen molar-refractivity contribution in [3.05, 3.63) is 59.0 Å². The molecule has 3 heterocycles. The molecule has 6 nitrogen and oxygen atoms in total. The molecule has 192 valence electrons. The molecule has 0 amide bonds. The van der Waals surface area contributed by atoms with Crippen LogP contribution in [0.4, 0.5) is 29.2 Å². The Morgan fingerprint density at radius 2 is 1.69 bits per heavy atom. The molecule has 1 fully saturated rings. The lowest BCUT2D eigenvalue weighted by Gasteiger charge is -2.37. The van der Waals surface area contributed by atoms with Crippen molar-refractivity contribution in [3.63, 3.8) is 0 Å². The molecule has 11 heteroatoms. The molecular formula is C25H26ClF4N5O. The molecule has 0 saturated carbocycles. The highest BCUT2D eigenvalue weighted by molar-refractivity contribution is 6.31. The number of benzene rings is 1. The average molecular weight is 524 g/mol. The number of hydrogen-bond donors (Lipinski definition) is 0. The molecule has 1 aliphatic heterocycles. The third kappa shape index (κ3) is 5.80. The summed E-state index contributed by atoms with van der Waals surface area (Å²) >= 11 is 5.99. The highest BCUT2D eigenvalue weighted by Crippen LogP contribution is 2.36. The maximum absolute atomic E-state index is 13.7. The molecule has 1 aliphatic rings. The van der Waals surface area contributed by atoms with E-state index in [0.717, 1.165) is 18.9 Å². The maximum atomic E-state index is 13.7. The second-order valence-corrected chi connectivity index (χ2v) is 8.83. The van der Waals surface area contributed by atoms with Crippen LogP contribution in [0.5, 0.6) is 6.01 Å². The monoisotopic (exact) mass is 523 g/mol. The number of aromatic nitrogens is 3. The smallest absolute Gasteiger partial charge is 0.419 e. The van der Waals surface area contributed by atoms with Crippen molar-refractivity contribution in [3.8, 4) is 17.3 Å². The lowest BCUT2D eigenvalue weighted by Crippen LogP contribution is -2.47. The molecule has 0 spiro atoms. The zero-order chi connectivity index (χ0) is 25.9. The van der Waals surface area contributed by atoms with Crippen molar-refractivity contribution < 1.29 is 22.3 Å². The van der Waals surface area contributed by atoms with Gasteiger partial charge in [-0.2, -0.15) is 23.1 Å². The molecule has 0 N–H and O–H groups in total. The first-order valence-corrected chi connectivity index (χ1v) is 12.1. The first kappa shape index (κ1) is 25.9. The summed E-state index contributed by atoms with van der Waals surface area (Å²) in [7, 11) is 0. The van der Waals surface area contributed by atoms with Crippen LogP contribution in [0.15, 0.2) is 42.6 Å². The van der Waals surface area contributed by atoms with Gasteiger partial charge in [0.25, 0.3) is 0 Å². The van der Waals surface area contributed by atoms with E-state index >= 15 is 0 Å². The predicted octanol–water partition coefficient (Wildman–Crippen LogP) is 6.24. The van der Waals surface area contributed by atoms with Crippen LogP contribution in [0.1, 0.15) is 32.3 Å². The number of piperazine rings is 1. The third-order valence-electron chi connectivity index (χ3n) is 6.09. The van der Waals surface area contributed by atoms with Crippen LogP contribution in [-0.2, 0) is 6.18 Å². The lowest BCUT2D eigenvalue weighted by molar-refractivity contribution is -0.137. The van der Waals surface area contributed by atoms with Gasteiger partial charge in [0.2, 0.25) is 0 Å². The summed E-state index contributed by atoms with van der Waals surface area (Å²) in [6.07, 6.45) is -1.66. The number of nitrogens with zero attached hydrogens (tertiary/aromatic N) is 5. The standard InChI is InChI=1S/C25H26ClF4N5O/c1-3-17(4-2)36-24-32-21(16-7-8-20(27)19(26)14-16)15-22(33-24)34-10-12-35(13-11-34)23-18(25(28,29)30)6-5-9-31-23/h5-9,14-15,17H,3-4,10-13H2,1-2H3. The van der Waals surface area contributed by atoms with E-state index in [1.165, 1.54) is 24.4 Å². The molecule has 0 aliphatic carbocycles. The van der Waals surface area contributed by atoms with Crippen LogP contribution in [0.25, 0.3) is 11.3 Å². The van der Waals surface area contributed by atoms with Crippen molar-refractivity contribution in [2.24, 2.45) is 0 Å². The molecule has 1 saturated heterocycles. The second kappa shape index (κ2) is 10.9. The van der Waals surface area contributed by atoms with E-state index in [1.54, 1.807) is 17.0 Å². The molecule has 0 radical (unpaired) electrons. The topological polar surface area (TPSA) is 54.4 Å². The predicted molar refractivity (Wildman–Crippen MR) is 131 cm³/mol. The van der Waals surface area contributed by atoms with Gasteiger partial charge in [-0.3, -0.25) is 0 Å². The molecule has 36 heavy (non-hydrogen) atoms. The Balaban J connectivity index is 1.61. The summed E-state index contributed by atoms with van der Waals surface area (Å²) in [5.74, 6) is -0.0445. The zero-order valence-electron chi connectivity index (χ0n) is 19.9. The van der Waals surface area contributed by atoms with Crippen molar-refractivity contribution in [2.75, 3.05) is 36.0 Å². The molecular weight excluding hydrogens is 498 g/mol. The van der Waals surface area contributed by atoms with E-state index in [2.05, 4.69) is 15.0 Å². The SMILES string of the molecule is CCC(CC)Oc1nc(-c2ccc(F)c(Cl)c2)cc(N2CCN(c3ncccc3C(F)(F)F)CC2)n1. The number of pyridine rings is 1. The van der Waals surface area contributed by atoms with Gasteiger partial charge in [-0.15, -0.1) is 0 Å². The van der Waals surface area contributed by atoms with Crippen molar-refractivity contribution in [1.29, 1.82) is 0 Å². The lowest BCUT2D eigenvalue weighted by atomic mass is 10.1. The van der Waals surface area contributed by atoms with Crippen LogP contribution < -0.4 is 14.5 Å². The Morgan fingerprint density at radius 1 is 1.00 bits per heavy atom. The van der Waals surface area contributed by atoms with Crippen LogP contribution in [0.2, 0.25) is 5.02 Å². The van der Waals surface area contributed by atoms with Crippen molar-refractivity contribution in [2.45, 2.75) is 39.0 Å². The first-order chi connectivity index (χ1) is 17.2. The molecule has 4 rings (SSSR count). The van der Waals surface area contributed by atoms with Crippen LogP contribution >= 0.6 is 11.6 Å². The number of halogens is 5. The quantitative estimate of drug-likeness (QED) is 0.341. The van der Waals surface area contributed by atoms with Gasteiger partial charge in [-0.05, 0) is 43.2 Å². The average Bonchev–Trinajstić information content (AvgIpc) is 2.88. The summed E-state index contributed by atoms with van der Waals surface area (Å²) < 4.78 is 60.1. The minimum atomic E-state index is -4.49. The summed E-state index contributed by atoms with van der Waals surface area (Å²) in [6, 6.07) is 8.59. The Morgan fingerprint density at radius 3 is 2.33 bits per heavy atom. The number of anilines is 2. The van der Waals surface area contributed by atoms with Crippen molar-refractivity contribution >= 4 is 23.2 Å². The van der Waals surface area contributed by atoms with Crippen molar-refractivity contribution in [1.82, 2.24) is 15.0 Å². The van der Waals surface area contributed by atoms with E-state index in [0.29, 0.717) is 43.3 Å². The zero-order valence-corrected chi connectivity index (χ0v) is 20.7. The molecule has 2 aromatic heterocycles. The fraction of sp³-hybridized carbons (Fsp3) is 0.400. The summed E-state index contributed by atoms with van der Waals surface area (Å²) in [5.41, 5.74) is 0.354. The van der Waals surface area contributed by atoms with E-state index in [9.17, 15) is 17.6 Å². The highest BCUT2D eigenvalue weighted by Gasteiger charge is 2.36. The fourth-order valence-corrected chi connectivity index (χ4v) is 4.23. The van der Waals surface area contributed by atoms with E-state index in [1.807, 2.05) is 18.7 Å². The Kier molecular flexibility index (Phi) is 7.82. The molecule has 3 aromatic rings. The molecule has 0 unspecified atom stereocenters. The number of hydrogen-bond acceptors (Lipinski definition) is 6. The third-order valence-corrected chi connectivity index (χ3v) is 6.38. The van der Waals surface area contributed by atoms with Gasteiger partial charge in [0.05, 0.1) is 16.3 Å². The minimum Gasteiger partial charge on any atom is -0.460 e. The van der Waals surface area contributed by atoms with E-state index in [4.69, 9.17) is 16.3 Å². The van der Waals surface area contributed by atoms with Gasteiger partial charge in [0.15, 0.2) is 0 Å². The first-order valence-electron chi connectivity index (χ1n) is 11.7. The Labute approximate surface area is 211 Å². The fourth-order valence-electron chi connectivity index (χ4n) is 4.05. The van der Waals surface area contributed by atoms with Gasteiger partial charge in [-0.1, -0.05) is 25.4 Å². The van der Waals surface area contributed by atoms with Crippen LogP contribution in [-0.4, -0.2) is 47.2 Å². The summed E-state index contributed by atoms with van der Waals surface area (Å²) in [5, 5.41) is -0.0282. The summed E-state index contributed by atoms with van der Waals surface area (Å²) in [4.78, 5) is 16.7. The van der Waals surface area contributed by atoms with Gasteiger partial charge in [-0.25, -0.2) is 9.37 Å². The van der Waals surface area contributed by atoms with Crippen LogP contribution in [0, 0.1) is 5.82 Å². The highest BCUT2D eigenvalue weighted by atomic mass is 35.5. The minimum absolute atomic E-state index is 0.0282. The van der Waals surface area contributed by atoms with E-state index < -0.39 is 17.6 Å². The van der Waals surface area contributed by atoms with Crippen LogP contribution in [0.3, 0.4) is 0 Å².